The molecule has 0 aromatic carbocycles. The Bertz CT molecular complexity index is 494. The number of phosphoric acid groups is 1. The minimum atomic E-state index is -4.78. The molecule has 0 saturated carbocycles. The SMILES string of the molecule is C=C(C)C(=O)NCCNC(=O)CCCCCC(OP(=O)(O)O)P(O)O. The molecule has 25 heavy (non-hydrogen) atoms. The monoisotopic (exact) mass is 400 g/mol. The van der Waals surface area contributed by atoms with Crippen LogP contribution >= 0.6 is 16.2 Å². The van der Waals surface area contributed by atoms with Crippen LogP contribution in [0.4, 0.5) is 0 Å². The molecule has 1 atom stereocenters. The lowest BCUT2D eigenvalue weighted by Crippen LogP contribution is -2.34. The molecule has 12 heteroatoms. The third kappa shape index (κ3) is 14.0. The summed E-state index contributed by atoms with van der Waals surface area (Å²) in [6.07, 6.45) is 1.84. The van der Waals surface area contributed by atoms with Gasteiger partial charge in [0.15, 0.2) is 8.38 Å². The average Bonchev–Trinajstić information content (AvgIpc) is 2.48. The van der Waals surface area contributed by atoms with Gasteiger partial charge in [-0.05, 0) is 19.8 Å². The van der Waals surface area contributed by atoms with Crippen LogP contribution in [0.5, 0.6) is 0 Å². The fourth-order valence-electron chi connectivity index (χ4n) is 1.77. The van der Waals surface area contributed by atoms with Crippen molar-refractivity contribution in [1.82, 2.24) is 10.6 Å². The van der Waals surface area contributed by atoms with E-state index >= 15 is 0 Å². The Kier molecular flexibility index (Phi) is 12.1. The Morgan fingerprint density at radius 2 is 1.76 bits per heavy atom. The summed E-state index contributed by atoms with van der Waals surface area (Å²) in [4.78, 5) is 58.3. The molecule has 0 spiro atoms. The molecule has 0 aliphatic rings. The maximum Gasteiger partial charge on any atom is 0.470 e. The Hall–Kier alpha value is -0.860. The third-order valence-corrected chi connectivity index (χ3v) is 4.57. The molecular formula is C13H26N2O8P2. The molecule has 0 aromatic rings. The summed E-state index contributed by atoms with van der Waals surface area (Å²) in [5, 5.41) is 5.22. The topological polar surface area (TPSA) is 165 Å². The molecule has 0 aliphatic heterocycles. The lowest BCUT2D eigenvalue weighted by Gasteiger charge is -2.18. The predicted molar refractivity (Wildman–Crippen MR) is 92.2 cm³/mol. The van der Waals surface area contributed by atoms with Crippen LogP contribution in [0, 0.1) is 0 Å². The Morgan fingerprint density at radius 1 is 1.16 bits per heavy atom. The second kappa shape index (κ2) is 12.5. The summed E-state index contributed by atoms with van der Waals surface area (Å²) in [5.41, 5.74) is 0.391. The van der Waals surface area contributed by atoms with E-state index in [4.69, 9.17) is 19.6 Å². The molecular weight excluding hydrogens is 374 g/mol. The highest BCUT2D eigenvalue weighted by molar-refractivity contribution is 7.49. The van der Waals surface area contributed by atoms with Crippen molar-refractivity contribution in [1.29, 1.82) is 0 Å². The lowest BCUT2D eigenvalue weighted by molar-refractivity contribution is -0.121. The summed E-state index contributed by atoms with van der Waals surface area (Å²) < 4.78 is 15.0. The van der Waals surface area contributed by atoms with Gasteiger partial charge >= 0.3 is 7.82 Å². The first-order chi connectivity index (χ1) is 11.5. The molecule has 6 N–H and O–H groups in total. The minimum absolute atomic E-state index is 0.0678. The van der Waals surface area contributed by atoms with Gasteiger partial charge in [-0.15, -0.1) is 0 Å². The Morgan fingerprint density at radius 3 is 2.28 bits per heavy atom. The summed E-state index contributed by atoms with van der Waals surface area (Å²) in [6.45, 7) is 5.67. The van der Waals surface area contributed by atoms with Gasteiger partial charge in [-0.25, -0.2) is 4.57 Å². The van der Waals surface area contributed by atoms with Crippen molar-refractivity contribution in [3.63, 3.8) is 0 Å². The van der Waals surface area contributed by atoms with Crippen LogP contribution in [0.25, 0.3) is 0 Å². The van der Waals surface area contributed by atoms with Crippen molar-refractivity contribution in [3.05, 3.63) is 12.2 Å². The van der Waals surface area contributed by atoms with E-state index in [9.17, 15) is 14.2 Å². The van der Waals surface area contributed by atoms with E-state index in [1.807, 2.05) is 0 Å². The number of unbranched alkanes of at least 4 members (excludes halogenated alkanes) is 2. The van der Waals surface area contributed by atoms with Crippen LogP contribution < -0.4 is 10.6 Å². The Labute approximate surface area is 147 Å². The van der Waals surface area contributed by atoms with E-state index in [1.165, 1.54) is 0 Å². The smallest absolute Gasteiger partial charge is 0.354 e. The molecule has 0 aromatic heterocycles. The van der Waals surface area contributed by atoms with Crippen LogP contribution in [-0.4, -0.2) is 50.3 Å². The van der Waals surface area contributed by atoms with Crippen molar-refractivity contribution >= 4 is 28.0 Å². The van der Waals surface area contributed by atoms with Crippen LogP contribution in [0.3, 0.4) is 0 Å². The molecule has 0 bridgehead atoms. The van der Waals surface area contributed by atoms with E-state index < -0.39 is 22.0 Å². The number of phosphoric ester groups is 1. The summed E-state index contributed by atoms with van der Waals surface area (Å²) in [5.74, 6) is -1.77. The maximum absolute atomic E-state index is 11.6. The van der Waals surface area contributed by atoms with Crippen molar-refractivity contribution < 1.29 is 38.3 Å². The highest BCUT2D eigenvalue weighted by Crippen LogP contribution is 2.47. The first-order valence-corrected chi connectivity index (χ1v) is 10.5. The number of rotatable bonds is 13. The normalized spacial score (nSPS) is 12.7. The molecule has 0 saturated heterocycles. The highest BCUT2D eigenvalue weighted by atomic mass is 31.2. The molecule has 0 rings (SSSR count). The molecule has 0 fully saturated rings. The first-order valence-electron chi connectivity index (χ1n) is 7.64. The number of amides is 2. The zero-order chi connectivity index (χ0) is 19.5. The molecule has 1 unspecified atom stereocenters. The largest absolute Gasteiger partial charge is 0.470 e. The fraction of sp³-hybridized carbons (Fsp3) is 0.692. The van der Waals surface area contributed by atoms with E-state index in [2.05, 4.69) is 21.7 Å². The zero-order valence-electron chi connectivity index (χ0n) is 14.1. The number of carbonyl (C=O) groups is 2. The Balaban J connectivity index is 3.79. The standard InChI is InChI=1S/C13H26N2O8P2/c1-10(2)13(17)15-9-8-14-11(16)6-4-3-5-7-12(24(18)19)23-25(20,21)22/h12,18-19H,1,3-9H2,2H3,(H,14,16)(H,15,17)(H2,20,21,22). The molecule has 10 nitrogen and oxygen atoms in total. The van der Waals surface area contributed by atoms with Gasteiger partial charge in [0.05, 0.1) is 0 Å². The lowest BCUT2D eigenvalue weighted by atomic mass is 10.1. The van der Waals surface area contributed by atoms with Gasteiger partial charge in [-0.3, -0.25) is 14.1 Å². The maximum atomic E-state index is 11.6. The van der Waals surface area contributed by atoms with Gasteiger partial charge in [-0.2, -0.15) is 0 Å². The van der Waals surface area contributed by atoms with E-state index in [1.54, 1.807) is 6.92 Å². The number of nitrogens with one attached hydrogen (secondary N) is 2. The summed E-state index contributed by atoms with van der Waals surface area (Å²) in [6, 6.07) is 0. The van der Waals surface area contributed by atoms with Gasteiger partial charge < -0.3 is 30.2 Å². The molecule has 2 amide bonds. The zero-order valence-corrected chi connectivity index (χ0v) is 15.8. The van der Waals surface area contributed by atoms with Crippen molar-refractivity contribution in [3.8, 4) is 0 Å². The molecule has 0 heterocycles. The second-order valence-corrected chi connectivity index (χ2v) is 7.77. The second-order valence-electron chi connectivity index (χ2n) is 5.36. The molecule has 0 radical (unpaired) electrons. The van der Waals surface area contributed by atoms with Gasteiger partial charge in [0.2, 0.25) is 11.8 Å². The average molecular weight is 400 g/mol. The van der Waals surface area contributed by atoms with Gasteiger partial charge in [-0.1, -0.05) is 19.4 Å². The van der Waals surface area contributed by atoms with Gasteiger partial charge in [0.25, 0.3) is 0 Å². The quantitative estimate of drug-likeness (QED) is 0.148. The van der Waals surface area contributed by atoms with E-state index in [0.717, 1.165) is 0 Å². The third-order valence-electron chi connectivity index (χ3n) is 2.99. The van der Waals surface area contributed by atoms with Gasteiger partial charge in [0.1, 0.15) is 5.85 Å². The van der Waals surface area contributed by atoms with Crippen molar-refractivity contribution in [2.45, 2.75) is 44.9 Å². The molecule has 146 valence electrons. The number of hydrogen-bond acceptors (Lipinski definition) is 6. The fourth-order valence-corrected chi connectivity index (χ4v) is 3.31. The highest BCUT2D eigenvalue weighted by Gasteiger charge is 2.27. The van der Waals surface area contributed by atoms with Gasteiger partial charge in [0, 0.05) is 25.1 Å². The van der Waals surface area contributed by atoms with Crippen LogP contribution in [0.2, 0.25) is 0 Å². The van der Waals surface area contributed by atoms with E-state index in [-0.39, 0.29) is 24.7 Å². The summed E-state index contributed by atoms with van der Waals surface area (Å²) >= 11 is 0. The predicted octanol–water partition coefficient (Wildman–Crippen LogP) is 0.477. The number of carbonyl (C=O) groups excluding carboxylic acids is 2. The first kappa shape index (κ1) is 24.1. The van der Waals surface area contributed by atoms with Crippen molar-refractivity contribution in [2.24, 2.45) is 0 Å². The van der Waals surface area contributed by atoms with Crippen LogP contribution in [0.15, 0.2) is 12.2 Å². The summed E-state index contributed by atoms with van der Waals surface area (Å²) in [7, 11) is -7.40. The van der Waals surface area contributed by atoms with Crippen LogP contribution in [-0.2, 0) is 18.7 Å². The van der Waals surface area contributed by atoms with Crippen LogP contribution in [0.1, 0.15) is 39.0 Å². The van der Waals surface area contributed by atoms with E-state index in [0.29, 0.717) is 37.9 Å². The molecule has 0 aliphatic carbocycles. The number of hydrogen-bond donors (Lipinski definition) is 6. The van der Waals surface area contributed by atoms with Crippen molar-refractivity contribution in [2.75, 3.05) is 13.1 Å². The minimum Gasteiger partial charge on any atom is -0.354 e.